The molecule has 0 spiro atoms. The van der Waals surface area contributed by atoms with E-state index in [1.54, 1.807) is 0 Å². The molecule has 4 heteroatoms. The van der Waals surface area contributed by atoms with Gasteiger partial charge in [0.15, 0.2) is 5.82 Å². The van der Waals surface area contributed by atoms with E-state index in [-0.39, 0.29) is 6.04 Å². The molecule has 1 heterocycles. The van der Waals surface area contributed by atoms with Gasteiger partial charge in [0.05, 0.1) is 6.04 Å². The Balaban J connectivity index is 1.98. The lowest BCUT2D eigenvalue weighted by atomic mass is 10.0. The van der Waals surface area contributed by atoms with Crippen LogP contribution in [0.3, 0.4) is 0 Å². The molecule has 2 unspecified atom stereocenters. The van der Waals surface area contributed by atoms with Crippen molar-refractivity contribution in [2.45, 2.75) is 64.3 Å². The molecule has 17 heavy (non-hydrogen) atoms. The first-order valence-electron chi connectivity index (χ1n) is 6.83. The van der Waals surface area contributed by atoms with Gasteiger partial charge < -0.3 is 10.3 Å². The second-order valence-corrected chi connectivity index (χ2v) is 5.17. The molecule has 2 rings (SSSR count). The maximum atomic E-state index is 5.97. The van der Waals surface area contributed by atoms with Gasteiger partial charge in [-0.15, -0.1) is 0 Å². The number of aromatic nitrogens is 2. The molecular weight excluding hydrogens is 214 g/mol. The first kappa shape index (κ1) is 12.6. The Morgan fingerprint density at radius 1 is 1.41 bits per heavy atom. The van der Waals surface area contributed by atoms with E-state index in [1.165, 1.54) is 25.7 Å². The van der Waals surface area contributed by atoms with Crippen molar-refractivity contribution in [1.82, 2.24) is 10.1 Å². The first-order valence-corrected chi connectivity index (χ1v) is 6.83. The Hall–Kier alpha value is -0.900. The Labute approximate surface area is 103 Å². The summed E-state index contributed by atoms with van der Waals surface area (Å²) in [6.45, 7) is 4.37. The highest BCUT2D eigenvalue weighted by Gasteiger charge is 2.28. The van der Waals surface area contributed by atoms with Crippen LogP contribution in [0.5, 0.6) is 0 Å². The minimum atomic E-state index is -0.0929. The predicted octanol–water partition coefficient (Wildman–Crippen LogP) is 3.16. The van der Waals surface area contributed by atoms with Gasteiger partial charge in [0, 0.05) is 5.92 Å². The summed E-state index contributed by atoms with van der Waals surface area (Å²) < 4.78 is 5.27. The summed E-state index contributed by atoms with van der Waals surface area (Å²) >= 11 is 0. The standard InChI is InChI=1S/C13H23N3O/c1-3-5-11(14)13-15-12(16-17-13)10-7-6-9(4-2)8-10/h9-11H,3-8,14H2,1-2H3/t9?,10?,11-/m0/s1. The number of rotatable bonds is 5. The highest BCUT2D eigenvalue weighted by Crippen LogP contribution is 2.38. The number of nitrogens with zero attached hydrogens (tertiary/aromatic N) is 2. The highest BCUT2D eigenvalue weighted by molar-refractivity contribution is 5.01. The minimum Gasteiger partial charge on any atom is -0.338 e. The maximum Gasteiger partial charge on any atom is 0.243 e. The zero-order chi connectivity index (χ0) is 12.3. The van der Waals surface area contributed by atoms with Crippen molar-refractivity contribution >= 4 is 0 Å². The van der Waals surface area contributed by atoms with Crippen LogP contribution in [0.1, 0.15) is 76.0 Å². The average molecular weight is 237 g/mol. The molecule has 0 amide bonds. The molecule has 0 saturated heterocycles. The van der Waals surface area contributed by atoms with E-state index in [9.17, 15) is 0 Å². The van der Waals surface area contributed by atoms with Crippen molar-refractivity contribution < 1.29 is 4.52 Å². The minimum absolute atomic E-state index is 0.0929. The molecule has 1 aliphatic carbocycles. The van der Waals surface area contributed by atoms with Crippen LogP contribution < -0.4 is 5.73 Å². The third-order valence-corrected chi connectivity index (χ3v) is 3.86. The van der Waals surface area contributed by atoms with Crippen molar-refractivity contribution in [2.24, 2.45) is 11.7 Å². The molecule has 2 N–H and O–H groups in total. The Morgan fingerprint density at radius 2 is 2.24 bits per heavy atom. The van der Waals surface area contributed by atoms with Gasteiger partial charge in [-0.3, -0.25) is 0 Å². The summed E-state index contributed by atoms with van der Waals surface area (Å²) in [7, 11) is 0. The first-order chi connectivity index (χ1) is 8.24. The lowest BCUT2D eigenvalue weighted by Gasteiger charge is -2.05. The molecule has 1 saturated carbocycles. The SMILES string of the molecule is CCC[C@H](N)c1nc(C2CCC(CC)C2)no1. The monoisotopic (exact) mass is 237 g/mol. The van der Waals surface area contributed by atoms with Crippen molar-refractivity contribution in [2.75, 3.05) is 0 Å². The lowest BCUT2D eigenvalue weighted by molar-refractivity contribution is 0.342. The van der Waals surface area contributed by atoms with Crippen LogP contribution in [0.25, 0.3) is 0 Å². The fourth-order valence-corrected chi connectivity index (χ4v) is 2.68. The molecule has 96 valence electrons. The summed E-state index contributed by atoms with van der Waals surface area (Å²) in [4.78, 5) is 4.48. The van der Waals surface area contributed by atoms with Gasteiger partial charge >= 0.3 is 0 Å². The zero-order valence-electron chi connectivity index (χ0n) is 10.9. The second kappa shape index (κ2) is 5.63. The molecule has 1 aromatic rings. The van der Waals surface area contributed by atoms with Gasteiger partial charge in [0.2, 0.25) is 5.89 Å². The Kier molecular flexibility index (Phi) is 4.15. The average Bonchev–Trinajstić information content (AvgIpc) is 2.98. The largest absolute Gasteiger partial charge is 0.338 e. The summed E-state index contributed by atoms with van der Waals surface area (Å²) in [6, 6.07) is -0.0929. The summed E-state index contributed by atoms with van der Waals surface area (Å²) in [5.41, 5.74) is 5.97. The number of hydrogen-bond acceptors (Lipinski definition) is 4. The van der Waals surface area contributed by atoms with E-state index in [0.717, 1.165) is 24.6 Å². The van der Waals surface area contributed by atoms with Crippen LogP contribution in [0.4, 0.5) is 0 Å². The molecule has 0 aliphatic heterocycles. The second-order valence-electron chi connectivity index (χ2n) is 5.17. The van der Waals surface area contributed by atoms with Crippen molar-refractivity contribution in [1.29, 1.82) is 0 Å². The molecule has 0 bridgehead atoms. The van der Waals surface area contributed by atoms with Crippen LogP contribution >= 0.6 is 0 Å². The predicted molar refractivity (Wildman–Crippen MR) is 66.5 cm³/mol. The molecule has 1 aliphatic rings. The molecule has 1 aromatic heterocycles. The van der Waals surface area contributed by atoms with Crippen LogP contribution in [0, 0.1) is 5.92 Å². The fraction of sp³-hybridized carbons (Fsp3) is 0.846. The van der Waals surface area contributed by atoms with E-state index in [2.05, 4.69) is 24.0 Å². The quantitative estimate of drug-likeness (QED) is 0.854. The van der Waals surface area contributed by atoms with E-state index in [1.807, 2.05) is 0 Å². The van der Waals surface area contributed by atoms with E-state index in [4.69, 9.17) is 10.3 Å². The van der Waals surface area contributed by atoms with Crippen molar-refractivity contribution in [3.63, 3.8) is 0 Å². The normalized spacial score (nSPS) is 26.3. The van der Waals surface area contributed by atoms with Gasteiger partial charge in [0.25, 0.3) is 0 Å². The third-order valence-electron chi connectivity index (χ3n) is 3.86. The van der Waals surface area contributed by atoms with Gasteiger partial charge in [-0.25, -0.2) is 0 Å². The maximum absolute atomic E-state index is 5.97. The van der Waals surface area contributed by atoms with Gasteiger partial charge in [-0.2, -0.15) is 4.98 Å². The number of hydrogen-bond donors (Lipinski definition) is 1. The van der Waals surface area contributed by atoms with Crippen molar-refractivity contribution in [3.05, 3.63) is 11.7 Å². The fourth-order valence-electron chi connectivity index (χ4n) is 2.68. The summed E-state index contributed by atoms with van der Waals surface area (Å²) in [5, 5.41) is 4.10. The Bertz CT molecular complexity index is 350. The van der Waals surface area contributed by atoms with Crippen LogP contribution in [-0.2, 0) is 0 Å². The highest BCUT2D eigenvalue weighted by atomic mass is 16.5. The third kappa shape index (κ3) is 2.86. The van der Waals surface area contributed by atoms with Gasteiger partial charge in [-0.1, -0.05) is 31.8 Å². The van der Waals surface area contributed by atoms with Crippen LogP contribution in [0.15, 0.2) is 4.52 Å². The van der Waals surface area contributed by atoms with E-state index in [0.29, 0.717) is 11.8 Å². The molecule has 0 radical (unpaired) electrons. The van der Waals surface area contributed by atoms with Gasteiger partial charge in [-0.05, 0) is 31.6 Å². The summed E-state index contributed by atoms with van der Waals surface area (Å²) in [6.07, 6.45) is 6.91. The Morgan fingerprint density at radius 3 is 2.88 bits per heavy atom. The smallest absolute Gasteiger partial charge is 0.243 e. The molecule has 1 fully saturated rings. The number of nitrogens with two attached hydrogens (primary N) is 1. The molecular formula is C13H23N3O. The lowest BCUT2D eigenvalue weighted by Crippen LogP contribution is -2.10. The molecule has 0 aromatic carbocycles. The van der Waals surface area contributed by atoms with Crippen LogP contribution in [0.2, 0.25) is 0 Å². The summed E-state index contributed by atoms with van der Waals surface area (Å²) in [5.74, 6) is 2.82. The van der Waals surface area contributed by atoms with E-state index < -0.39 is 0 Å². The van der Waals surface area contributed by atoms with Gasteiger partial charge in [0.1, 0.15) is 0 Å². The molecule has 4 nitrogen and oxygen atoms in total. The van der Waals surface area contributed by atoms with Crippen LogP contribution in [-0.4, -0.2) is 10.1 Å². The van der Waals surface area contributed by atoms with E-state index >= 15 is 0 Å². The van der Waals surface area contributed by atoms with Crippen molar-refractivity contribution in [3.8, 4) is 0 Å². The molecule has 3 atom stereocenters. The zero-order valence-corrected chi connectivity index (χ0v) is 10.9. The topological polar surface area (TPSA) is 64.9 Å².